The second kappa shape index (κ2) is 4.23. The molecule has 0 spiro atoms. The highest BCUT2D eigenvalue weighted by atomic mass is 35.5. The van der Waals surface area contributed by atoms with E-state index in [1.807, 2.05) is 0 Å². The van der Waals surface area contributed by atoms with Gasteiger partial charge in [-0.1, -0.05) is 11.6 Å². The van der Waals surface area contributed by atoms with Gasteiger partial charge in [-0.25, -0.2) is 0 Å². The molecule has 3 nitrogen and oxygen atoms in total. The minimum absolute atomic E-state index is 0.611. The Bertz CT molecular complexity index is 302. The Balaban J connectivity index is 3.18. The summed E-state index contributed by atoms with van der Waals surface area (Å²) in [5, 5.41) is 3.57. The summed E-state index contributed by atoms with van der Waals surface area (Å²) in [5.74, 6) is 1.29. The molecule has 72 valence electrons. The Morgan fingerprint density at radius 2 is 1.69 bits per heavy atom. The van der Waals surface area contributed by atoms with Crippen molar-refractivity contribution in [3.8, 4) is 11.5 Å². The molecular formula is C9H12ClNO2. The predicted octanol–water partition coefficient (Wildman–Crippen LogP) is 2.40. The number of methoxy groups -OCH3 is 2. The van der Waals surface area contributed by atoms with E-state index in [1.165, 1.54) is 0 Å². The van der Waals surface area contributed by atoms with Crippen LogP contribution in [0, 0.1) is 0 Å². The van der Waals surface area contributed by atoms with Crippen LogP contribution in [-0.2, 0) is 0 Å². The van der Waals surface area contributed by atoms with Crippen LogP contribution in [0.2, 0.25) is 5.02 Å². The molecule has 1 rings (SSSR count). The lowest BCUT2D eigenvalue weighted by molar-refractivity contribution is 0.355. The molecule has 0 aliphatic carbocycles. The standard InChI is InChI=1S/C9H12ClNO2/c1-11-7-5-9(13-3)8(12-2)4-6(7)10/h4-5,11H,1-3H3. The number of hydrogen-bond acceptors (Lipinski definition) is 3. The topological polar surface area (TPSA) is 30.5 Å². The van der Waals surface area contributed by atoms with E-state index in [1.54, 1.807) is 33.4 Å². The van der Waals surface area contributed by atoms with E-state index in [0.29, 0.717) is 16.5 Å². The van der Waals surface area contributed by atoms with Crippen molar-refractivity contribution < 1.29 is 9.47 Å². The van der Waals surface area contributed by atoms with Crippen LogP contribution >= 0.6 is 11.6 Å². The molecule has 0 aromatic heterocycles. The summed E-state index contributed by atoms with van der Waals surface area (Å²) in [5.41, 5.74) is 0.819. The molecule has 0 aliphatic heterocycles. The van der Waals surface area contributed by atoms with Crippen molar-refractivity contribution in [2.75, 3.05) is 26.6 Å². The molecule has 1 N–H and O–H groups in total. The summed E-state index contributed by atoms with van der Waals surface area (Å²) in [7, 11) is 4.96. The summed E-state index contributed by atoms with van der Waals surface area (Å²) < 4.78 is 10.2. The van der Waals surface area contributed by atoms with Crippen molar-refractivity contribution in [3.63, 3.8) is 0 Å². The van der Waals surface area contributed by atoms with Crippen molar-refractivity contribution in [2.45, 2.75) is 0 Å². The minimum Gasteiger partial charge on any atom is -0.493 e. The van der Waals surface area contributed by atoms with Crippen molar-refractivity contribution in [3.05, 3.63) is 17.2 Å². The second-order valence-electron chi connectivity index (χ2n) is 2.44. The molecule has 1 aromatic carbocycles. The molecule has 0 saturated carbocycles. The molecule has 0 heterocycles. The average Bonchev–Trinajstić information content (AvgIpc) is 2.17. The molecule has 0 unspecified atom stereocenters. The van der Waals surface area contributed by atoms with Crippen molar-refractivity contribution in [2.24, 2.45) is 0 Å². The maximum Gasteiger partial charge on any atom is 0.162 e. The van der Waals surface area contributed by atoms with E-state index in [2.05, 4.69) is 5.32 Å². The molecule has 0 radical (unpaired) electrons. The Morgan fingerprint density at radius 1 is 1.15 bits per heavy atom. The van der Waals surface area contributed by atoms with Crippen LogP contribution in [0.3, 0.4) is 0 Å². The lowest BCUT2D eigenvalue weighted by Crippen LogP contribution is -1.94. The first-order valence-electron chi connectivity index (χ1n) is 3.82. The highest BCUT2D eigenvalue weighted by Gasteiger charge is 2.07. The van der Waals surface area contributed by atoms with E-state index < -0.39 is 0 Å². The second-order valence-corrected chi connectivity index (χ2v) is 2.84. The number of rotatable bonds is 3. The Kier molecular flexibility index (Phi) is 3.25. The fourth-order valence-electron chi connectivity index (χ4n) is 1.05. The normalized spacial score (nSPS) is 9.54. The van der Waals surface area contributed by atoms with Crippen molar-refractivity contribution >= 4 is 17.3 Å². The van der Waals surface area contributed by atoms with Crippen LogP contribution in [0.4, 0.5) is 5.69 Å². The van der Waals surface area contributed by atoms with Crippen LogP contribution in [-0.4, -0.2) is 21.3 Å². The minimum atomic E-state index is 0.611. The first-order chi connectivity index (χ1) is 6.22. The van der Waals surface area contributed by atoms with Gasteiger partial charge in [0.2, 0.25) is 0 Å². The molecule has 1 aromatic rings. The largest absolute Gasteiger partial charge is 0.493 e. The highest BCUT2D eigenvalue weighted by Crippen LogP contribution is 2.35. The fourth-order valence-corrected chi connectivity index (χ4v) is 1.29. The number of anilines is 1. The van der Waals surface area contributed by atoms with Gasteiger partial charge in [0.1, 0.15) is 0 Å². The van der Waals surface area contributed by atoms with E-state index >= 15 is 0 Å². The van der Waals surface area contributed by atoms with Crippen LogP contribution in [0.15, 0.2) is 12.1 Å². The predicted molar refractivity (Wildman–Crippen MR) is 54.1 cm³/mol. The molecule has 4 heteroatoms. The quantitative estimate of drug-likeness (QED) is 0.815. The summed E-state index contributed by atoms with van der Waals surface area (Å²) in [6, 6.07) is 3.51. The SMILES string of the molecule is CNc1cc(OC)c(OC)cc1Cl. The third-order valence-electron chi connectivity index (χ3n) is 1.74. The van der Waals surface area contributed by atoms with Gasteiger partial charge in [0.25, 0.3) is 0 Å². The van der Waals surface area contributed by atoms with Crippen molar-refractivity contribution in [1.82, 2.24) is 0 Å². The molecule has 13 heavy (non-hydrogen) atoms. The number of ether oxygens (including phenoxy) is 2. The van der Waals surface area contributed by atoms with Gasteiger partial charge in [0.15, 0.2) is 11.5 Å². The summed E-state index contributed by atoms with van der Waals surface area (Å²) in [6.45, 7) is 0. The number of hydrogen-bond donors (Lipinski definition) is 1. The van der Waals surface area contributed by atoms with Gasteiger partial charge in [-0.15, -0.1) is 0 Å². The van der Waals surface area contributed by atoms with Crippen LogP contribution < -0.4 is 14.8 Å². The molecule has 0 amide bonds. The first-order valence-corrected chi connectivity index (χ1v) is 4.20. The smallest absolute Gasteiger partial charge is 0.162 e. The highest BCUT2D eigenvalue weighted by molar-refractivity contribution is 6.33. The van der Waals surface area contributed by atoms with Crippen LogP contribution in [0.5, 0.6) is 11.5 Å². The Hall–Kier alpha value is -1.09. The fraction of sp³-hybridized carbons (Fsp3) is 0.333. The van der Waals surface area contributed by atoms with Gasteiger partial charge in [-0.05, 0) is 0 Å². The van der Waals surface area contributed by atoms with Gasteiger partial charge < -0.3 is 14.8 Å². The summed E-state index contributed by atoms with van der Waals surface area (Å²) in [6.07, 6.45) is 0. The monoisotopic (exact) mass is 201 g/mol. The van der Waals surface area contributed by atoms with E-state index in [9.17, 15) is 0 Å². The van der Waals surface area contributed by atoms with Crippen molar-refractivity contribution in [1.29, 1.82) is 0 Å². The molecule has 0 saturated heterocycles. The van der Waals surface area contributed by atoms with E-state index in [0.717, 1.165) is 5.69 Å². The first kappa shape index (κ1) is 9.99. The van der Waals surface area contributed by atoms with Gasteiger partial charge in [0.05, 0.1) is 24.9 Å². The van der Waals surface area contributed by atoms with E-state index in [-0.39, 0.29) is 0 Å². The van der Waals surface area contributed by atoms with Crippen LogP contribution in [0.25, 0.3) is 0 Å². The zero-order valence-electron chi connectivity index (χ0n) is 7.85. The molecule has 0 fully saturated rings. The number of halogens is 1. The summed E-state index contributed by atoms with van der Waals surface area (Å²) in [4.78, 5) is 0. The zero-order chi connectivity index (χ0) is 9.84. The molecule has 0 atom stereocenters. The maximum absolute atomic E-state index is 5.94. The third-order valence-corrected chi connectivity index (χ3v) is 2.06. The van der Waals surface area contributed by atoms with Gasteiger partial charge in [-0.2, -0.15) is 0 Å². The molecule has 0 bridgehead atoms. The lowest BCUT2D eigenvalue weighted by atomic mass is 10.2. The lowest BCUT2D eigenvalue weighted by Gasteiger charge is -2.10. The van der Waals surface area contributed by atoms with Gasteiger partial charge in [0, 0.05) is 19.2 Å². The number of nitrogens with one attached hydrogen (secondary N) is 1. The summed E-state index contributed by atoms with van der Waals surface area (Å²) >= 11 is 5.94. The zero-order valence-corrected chi connectivity index (χ0v) is 8.61. The Labute approximate surface area is 82.6 Å². The molecule has 0 aliphatic rings. The Morgan fingerprint density at radius 3 is 2.15 bits per heavy atom. The van der Waals surface area contributed by atoms with Gasteiger partial charge >= 0.3 is 0 Å². The number of benzene rings is 1. The van der Waals surface area contributed by atoms with E-state index in [4.69, 9.17) is 21.1 Å². The maximum atomic E-state index is 5.94. The molecular weight excluding hydrogens is 190 g/mol. The third kappa shape index (κ3) is 1.98. The van der Waals surface area contributed by atoms with Crippen LogP contribution in [0.1, 0.15) is 0 Å². The average molecular weight is 202 g/mol. The van der Waals surface area contributed by atoms with Gasteiger partial charge in [-0.3, -0.25) is 0 Å².